The number of carbonyl (C=O) groups excluding carboxylic acids is 1. The van der Waals surface area contributed by atoms with Crippen molar-refractivity contribution in [1.82, 2.24) is 14.8 Å². The highest BCUT2D eigenvalue weighted by molar-refractivity contribution is 6.32. The number of carbonyl (C=O) groups is 1. The van der Waals surface area contributed by atoms with E-state index in [1.54, 1.807) is 0 Å². The Morgan fingerprint density at radius 3 is 2.42 bits per heavy atom. The van der Waals surface area contributed by atoms with Gasteiger partial charge in [-0.05, 0) is 36.4 Å². The van der Waals surface area contributed by atoms with Gasteiger partial charge in [-0.15, -0.1) is 0 Å². The monoisotopic (exact) mass is 400 g/mol. The maximum atomic E-state index is 13.6. The summed E-state index contributed by atoms with van der Waals surface area (Å²) in [7, 11) is 0. The van der Waals surface area contributed by atoms with Gasteiger partial charge in [0.1, 0.15) is 0 Å². The van der Waals surface area contributed by atoms with Crippen LogP contribution in [0.2, 0.25) is 10.2 Å². The standard InChI is InChI=1S/C16H9Cl2F3N4O/c17-9-3-5-10(6-4-9)25-13(16(19,20)21)11(8-23-25)15(26)24-12-2-1-7-22-14(12)18/h1-8H,(H,24,26). The molecule has 0 fully saturated rings. The summed E-state index contributed by atoms with van der Waals surface area (Å²) >= 11 is 11.6. The van der Waals surface area contributed by atoms with Crippen LogP contribution in [0.15, 0.2) is 48.8 Å². The average molecular weight is 401 g/mol. The van der Waals surface area contributed by atoms with Gasteiger partial charge in [0, 0.05) is 11.2 Å². The minimum Gasteiger partial charge on any atom is -0.319 e. The largest absolute Gasteiger partial charge is 0.434 e. The molecule has 0 aliphatic carbocycles. The molecule has 10 heteroatoms. The maximum absolute atomic E-state index is 13.6. The Labute approximate surface area is 155 Å². The lowest BCUT2D eigenvalue weighted by atomic mass is 10.2. The van der Waals surface area contributed by atoms with Gasteiger partial charge in [-0.3, -0.25) is 4.79 Å². The first-order valence-corrected chi connectivity index (χ1v) is 7.86. The van der Waals surface area contributed by atoms with Crippen LogP contribution < -0.4 is 5.32 Å². The van der Waals surface area contributed by atoms with Crippen molar-refractivity contribution in [2.75, 3.05) is 5.32 Å². The summed E-state index contributed by atoms with van der Waals surface area (Å²) in [6.45, 7) is 0. The van der Waals surface area contributed by atoms with E-state index in [1.807, 2.05) is 0 Å². The fourth-order valence-corrected chi connectivity index (χ4v) is 2.53. The van der Waals surface area contributed by atoms with Crippen LogP contribution in [0.5, 0.6) is 0 Å². The minimum atomic E-state index is -4.82. The van der Waals surface area contributed by atoms with Crippen molar-refractivity contribution in [2.45, 2.75) is 6.18 Å². The summed E-state index contributed by atoms with van der Waals surface area (Å²) in [4.78, 5) is 16.1. The third-order valence-corrected chi connectivity index (χ3v) is 3.91. The first-order chi connectivity index (χ1) is 12.3. The molecule has 0 spiro atoms. The van der Waals surface area contributed by atoms with Crippen molar-refractivity contribution < 1.29 is 18.0 Å². The van der Waals surface area contributed by atoms with E-state index in [0.29, 0.717) is 9.70 Å². The molecule has 0 aliphatic rings. The van der Waals surface area contributed by atoms with E-state index in [9.17, 15) is 18.0 Å². The molecule has 1 aromatic carbocycles. The number of amides is 1. The van der Waals surface area contributed by atoms with Crippen molar-refractivity contribution in [1.29, 1.82) is 0 Å². The summed E-state index contributed by atoms with van der Waals surface area (Å²) in [5.41, 5.74) is -1.66. The zero-order valence-electron chi connectivity index (χ0n) is 12.8. The van der Waals surface area contributed by atoms with Crippen LogP contribution in [0.4, 0.5) is 18.9 Å². The van der Waals surface area contributed by atoms with E-state index in [1.165, 1.54) is 42.6 Å². The molecule has 2 aromatic heterocycles. The highest BCUT2D eigenvalue weighted by Crippen LogP contribution is 2.34. The van der Waals surface area contributed by atoms with E-state index in [2.05, 4.69) is 15.4 Å². The Balaban J connectivity index is 2.04. The van der Waals surface area contributed by atoms with Gasteiger partial charge in [0.15, 0.2) is 10.8 Å². The summed E-state index contributed by atoms with van der Waals surface area (Å²) < 4.78 is 41.4. The van der Waals surface area contributed by atoms with Crippen LogP contribution in [0, 0.1) is 0 Å². The molecule has 0 atom stereocenters. The van der Waals surface area contributed by atoms with E-state index >= 15 is 0 Å². The molecule has 5 nitrogen and oxygen atoms in total. The van der Waals surface area contributed by atoms with Crippen molar-refractivity contribution in [3.05, 3.63) is 70.2 Å². The van der Waals surface area contributed by atoms with Gasteiger partial charge in [0.25, 0.3) is 5.91 Å². The molecule has 26 heavy (non-hydrogen) atoms. The lowest BCUT2D eigenvalue weighted by Crippen LogP contribution is -2.21. The first kappa shape index (κ1) is 18.2. The molecule has 0 radical (unpaired) electrons. The van der Waals surface area contributed by atoms with Crippen LogP contribution in [0.3, 0.4) is 0 Å². The maximum Gasteiger partial charge on any atom is 0.434 e. The Hall–Kier alpha value is -2.58. The summed E-state index contributed by atoms with van der Waals surface area (Å²) in [6, 6.07) is 8.49. The van der Waals surface area contributed by atoms with Crippen molar-refractivity contribution in [3.63, 3.8) is 0 Å². The molecule has 2 heterocycles. The number of aromatic nitrogens is 3. The highest BCUT2D eigenvalue weighted by atomic mass is 35.5. The van der Waals surface area contributed by atoms with Crippen molar-refractivity contribution in [3.8, 4) is 5.69 Å². The van der Waals surface area contributed by atoms with Crippen LogP contribution in [-0.4, -0.2) is 20.7 Å². The third-order valence-electron chi connectivity index (χ3n) is 3.36. The second-order valence-corrected chi connectivity index (χ2v) is 5.88. The Bertz CT molecular complexity index is 955. The van der Waals surface area contributed by atoms with Crippen molar-refractivity contribution in [2.24, 2.45) is 0 Å². The predicted molar refractivity (Wildman–Crippen MR) is 90.8 cm³/mol. The molecule has 0 bridgehead atoms. The van der Waals surface area contributed by atoms with E-state index < -0.39 is 23.3 Å². The Kier molecular flexibility index (Phi) is 4.88. The number of hydrogen-bond donors (Lipinski definition) is 1. The summed E-state index contributed by atoms with van der Waals surface area (Å²) in [5.74, 6) is -1.01. The van der Waals surface area contributed by atoms with Gasteiger partial charge in [-0.25, -0.2) is 9.67 Å². The molecule has 134 valence electrons. The Morgan fingerprint density at radius 1 is 1.12 bits per heavy atom. The number of hydrogen-bond acceptors (Lipinski definition) is 3. The molecule has 0 unspecified atom stereocenters. The molecule has 1 amide bonds. The third kappa shape index (κ3) is 3.66. The normalized spacial score (nSPS) is 11.4. The summed E-state index contributed by atoms with van der Waals surface area (Å²) in [6.07, 6.45) is -2.59. The predicted octanol–water partition coefficient (Wildman–Crippen LogP) is 4.85. The number of nitrogens with one attached hydrogen (secondary N) is 1. The molecule has 3 aromatic rings. The lowest BCUT2D eigenvalue weighted by Gasteiger charge is -2.13. The minimum absolute atomic E-state index is 0.0421. The van der Waals surface area contributed by atoms with Gasteiger partial charge >= 0.3 is 6.18 Å². The Morgan fingerprint density at radius 2 is 1.81 bits per heavy atom. The van der Waals surface area contributed by atoms with E-state index in [0.717, 1.165) is 6.20 Å². The van der Waals surface area contributed by atoms with E-state index in [4.69, 9.17) is 23.2 Å². The number of nitrogens with zero attached hydrogens (tertiary/aromatic N) is 3. The van der Waals surface area contributed by atoms with Gasteiger partial charge in [-0.1, -0.05) is 23.2 Å². The SMILES string of the molecule is O=C(Nc1cccnc1Cl)c1cnn(-c2ccc(Cl)cc2)c1C(F)(F)F. The fourth-order valence-electron chi connectivity index (χ4n) is 2.23. The van der Waals surface area contributed by atoms with Crippen LogP contribution >= 0.6 is 23.2 Å². The molecule has 3 rings (SSSR count). The summed E-state index contributed by atoms with van der Waals surface area (Å²) in [5, 5.41) is 6.33. The second kappa shape index (κ2) is 6.97. The zero-order chi connectivity index (χ0) is 18.9. The number of anilines is 1. The first-order valence-electron chi connectivity index (χ1n) is 7.10. The van der Waals surface area contributed by atoms with Crippen LogP contribution in [-0.2, 0) is 6.18 Å². The molecule has 0 saturated heterocycles. The molecule has 0 aliphatic heterocycles. The lowest BCUT2D eigenvalue weighted by molar-refractivity contribution is -0.143. The number of alkyl halides is 3. The second-order valence-electron chi connectivity index (χ2n) is 5.09. The molecule has 1 N–H and O–H groups in total. The van der Waals surface area contributed by atoms with Gasteiger partial charge in [-0.2, -0.15) is 18.3 Å². The fraction of sp³-hybridized carbons (Fsp3) is 0.0625. The highest BCUT2D eigenvalue weighted by Gasteiger charge is 2.40. The average Bonchev–Trinajstić information content (AvgIpc) is 3.03. The van der Waals surface area contributed by atoms with Gasteiger partial charge in [0.05, 0.1) is 23.1 Å². The zero-order valence-corrected chi connectivity index (χ0v) is 14.3. The number of pyridine rings is 1. The smallest absolute Gasteiger partial charge is 0.319 e. The molecular weight excluding hydrogens is 392 g/mol. The quantitative estimate of drug-likeness (QED) is 0.639. The van der Waals surface area contributed by atoms with Gasteiger partial charge in [0.2, 0.25) is 0 Å². The molecule has 0 saturated carbocycles. The number of rotatable bonds is 3. The molecular formula is C16H9Cl2F3N4O. The van der Waals surface area contributed by atoms with Crippen molar-refractivity contribution >= 4 is 34.8 Å². The van der Waals surface area contributed by atoms with E-state index in [-0.39, 0.29) is 16.5 Å². The van der Waals surface area contributed by atoms with Crippen LogP contribution in [0.25, 0.3) is 5.69 Å². The number of halogens is 5. The van der Waals surface area contributed by atoms with Crippen LogP contribution in [0.1, 0.15) is 16.1 Å². The topological polar surface area (TPSA) is 59.8 Å². The number of benzene rings is 1. The van der Waals surface area contributed by atoms with Gasteiger partial charge < -0.3 is 5.32 Å².